The highest BCUT2D eigenvalue weighted by atomic mass is 19.3. The summed E-state index contributed by atoms with van der Waals surface area (Å²) in [4.78, 5) is 19.3. The van der Waals surface area contributed by atoms with Crippen molar-refractivity contribution < 1.29 is 23.4 Å². The predicted molar refractivity (Wildman–Crippen MR) is 130 cm³/mol. The summed E-state index contributed by atoms with van der Waals surface area (Å²) in [6, 6.07) is 11.5. The van der Waals surface area contributed by atoms with E-state index in [0.717, 1.165) is 52.7 Å². The summed E-state index contributed by atoms with van der Waals surface area (Å²) in [6.07, 6.45) is 1.40. The van der Waals surface area contributed by atoms with Crippen molar-refractivity contribution in [2.45, 2.75) is 44.8 Å². The van der Waals surface area contributed by atoms with E-state index in [1.165, 1.54) is 0 Å². The number of likely N-dealkylation sites (tertiary alicyclic amines) is 2. The van der Waals surface area contributed by atoms with Gasteiger partial charge in [-0.3, -0.25) is 9.80 Å². The van der Waals surface area contributed by atoms with Crippen LogP contribution in [0, 0.1) is 12.8 Å². The minimum Gasteiger partial charge on any atom is -0.496 e. The Labute approximate surface area is 203 Å². The van der Waals surface area contributed by atoms with E-state index in [1.807, 2.05) is 18.3 Å². The normalized spacial score (nSPS) is 22.0. The second-order valence-electron chi connectivity index (χ2n) is 9.78. The average Bonchev–Trinajstić information content (AvgIpc) is 3.31. The zero-order valence-corrected chi connectivity index (χ0v) is 20.0. The van der Waals surface area contributed by atoms with E-state index in [-0.39, 0.29) is 17.6 Å². The molecule has 6 nitrogen and oxygen atoms in total. The van der Waals surface area contributed by atoms with Crippen LogP contribution in [0.2, 0.25) is 0 Å². The number of fused-ring (bicyclic) bond motifs is 1. The van der Waals surface area contributed by atoms with Crippen LogP contribution >= 0.6 is 0 Å². The van der Waals surface area contributed by atoms with Gasteiger partial charge in [0.2, 0.25) is 6.43 Å². The number of rotatable bonds is 7. The maximum atomic E-state index is 13.1. The smallest absolute Gasteiger partial charge is 0.335 e. The molecule has 0 saturated carbocycles. The van der Waals surface area contributed by atoms with Crippen molar-refractivity contribution in [2.75, 3.05) is 26.7 Å². The van der Waals surface area contributed by atoms with E-state index < -0.39 is 18.3 Å². The fourth-order valence-corrected chi connectivity index (χ4v) is 5.70. The van der Waals surface area contributed by atoms with Gasteiger partial charge in [0.25, 0.3) is 0 Å². The SMILES string of the molecule is COc1cc(C)c2[nH]ccc2c1CN1CC[C@H](N2CC(C(F)F)C2)C[C@H]1c1ccc(C(=O)O)cc1. The van der Waals surface area contributed by atoms with Crippen LogP contribution in [0.5, 0.6) is 5.75 Å². The number of nitrogens with one attached hydrogen (secondary N) is 1. The molecule has 0 aliphatic carbocycles. The molecule has 0 spiro atoms. The molecule has 5 rings (SSSR count). The van der Waals surface area contributed by atoms with Gasteiger partial charge in [0, 0.05) is 66.8 Å². The van der Waals surface area contributed by atoms with Crippen molar-refractivity contribution in [1.29, 1.82) is 0 Å². The quantitative estimate of drug-likeness (QED) is 0.490. The number of aromatic nitrogens is 1. The standard InChI is InChI=1S/C27H31F2N3O3/c1-16-11-24(35-2)22(21-7-9-30-25(16)21)15-31-10-8-20(32-13-19(14-32)26(28)29)12-23(31)17-3-5-18(6-4-17)27(33)34/h3-7,9,11,19-20,23,26,30H,8,10,12-15H2,1-2H3,(H,33,34)/t20-,23-/m0/s1. The van der Waals surface area contributed by atoms with Crippen molar-refractivity contribution >= 4 is 16.9 Å². The van der Waals surface area contributed by atoms with Gasteiger partial charge in [0.05, 0.1) is 12.7 Å². The maximum absolute atomic E-state index is 13.1. The molecule has 0 unspecified atom stereocenters. The zero-order chi connectivity index (χ0) is 24.7. The number of aromatic amines is 1. The minimum absolute atomic E-state index is 0.0437. The topological polar surface area (TPSA) is 68.8 Å². The molecule has 186 valence electrons. The lowest BCUT2D eigenvalue weighted by atomic mass is 9.86. The molecule has 3 heterocycles. The third-order valence-corrected chi connectivity index (χ3v) is 7.73. The number of halogens is 2. The summed E-state index contributed by atoms with van der Waals surface area (Å²) in [5.41, 5.74) is 4.63. The van der Waals surface area contributed by atoms with Crippen LogP contribution < -0.4 is 4.74 Å². The van der Waals surface area contributed by atoms with Crippen molar-refractivity contribution in [2.24, 2.45) is 5.92 Å². The molecule has 2 fully saturated rings. The highest BCUT2D eigenvalue weighted by Crippen LogP contribution is 2.40. The Bertz CT molecular complexity index is 1200. The van der Waals surface area contributed by atoms with Crippen LogP contribution in [0.1, 0.15) is 45.9 Å². The first kappa shape index (κ1) is 23.8. The first-order valence-electron chi connectivity index (χ1n) is 12.1. The van der Waals surface area contributed by atoms with E-state index in [9.17, 15) is 18.7 Å². The van der Waals surface area contributed by atoms with Gasteiger partial charge in [-0.2, -0.15) is 0 Å². The van der Waals surface area contributed by atoms with E-state index >= 15 is 0 Å². The van der Waals surface area contributed by atoms with E-state index in [2.05, 4.69) is 33.8 Å². The molecular formula is C27H31F2N3O3. The third kappa shape index (κ3) is 4.52. The number of hydrogen-bond donors (Lipinski definition) is 2. The van der Waals surface area contributed by atoms with Gasteiger partial charge in [-0.15, -0.1) is 0 Å². The Kier molecular flexibility index (Phi) is 6.51. The minimum atomic E-state index is -2.26. The molecule has 2 N–H and O–H groups in total. The first-order valence-corrected chi connectivity index (χ1v) is 12.1. The number of methoxy groups -OCH3 is 1. The van der Waals surface area contributed by atoms with Gasteiger partial charge in [-0.05, 0) is 55.2 Å². The summed E-state index contributed by atoms with van der Waals surface area (Å²) in [6.45, 7) is 4.44. The number of carbonyl (C=O) groups is 1. The van der Waals surface area contributed by atoms with Crippen LogP contribution in [-0.2, 0) is 6.54 Å². The summed E-state index contributed by atoms with van der Waals surface area (Å²) in [5.74, 6) is -0.632. The molecule has 2 aromatic carbocycles. The number of hydrogen-bond acceptors (Lipinski definition) is 4. The molecule has 2 saturated heterocycles. The molecule has 1 aromatic heterocycles. The molecule has 0 bridgehead atoms. The van der Waals surface area contributed by atoms with Gasteiger partial charge < -0.3 is 14.8 Å². The summed E-state index contributed by atoms with van der Waals surface area (Å²) < 4.78 is 31.9. The zero-order valence-electron chi connectivity index (χ0n) is 20.0. The summed E-state index contributed by atoms with van der Waals surface area (Å²) >= 11 is 0. The van der Waals surface area contributed by atoms with E-state index in [0.29, 0.717) is 19.6 Å². The lowest BCUT2D eigenvalue weighted by Crippen LogP contribution is -2.57. The number of ether oxygens (including phenoxy) is 1. The molecule has 8 heteroatoms. The first-order chi connectivity index (χ1) is 16.9. The summed E-state index contributed by atoms with van der Waals surface area (Å²) in [7, 11) is 1.69. The fraction of sp³-hybridized carbons (Fsp3) is 0.444. The number of carboxylic acid groups (broad SMARTS) is 1. The largest absolute Gasteiger partial charge is 0.496 e. The van der Waals surface area contributed by atoms with Gasteiger partial charge in [-0.1, -0.05) is 12.1 Å². The summed E-state index contributed by atoms with van der Waals surface area (Å²) in [5, 5.41) is 10.5. The molecule has 3 aromatic rings. The lowest BCUT2D eigenvalue weighted by molar-refractivity contribution is -0.0629. The number of alkyl halides is 2. The molecule has 2 aliphatic rings. The Morgan fingerprint density at radius 2 is 1.97 bits per heavy atom. The Hall–Kier alpha value is -2.97. The molecule has 0 amide bonds. The Morgan fingerprint density at radius 1 is 1.23 bits per heavy atom. The second-order valence-corrected chi connectivity index (χ2v) is 9.78. The molecule has 0 radical (unpaired) electrons. The van der Waals surface area contributed by atoms with Crippen molar-refractivity contribution in [1.82, 2.24) is 14.8 Å². The van der Waals surface area contributed by atoms with Gasteiger partial charge in [0.15, 0.2) is 0 Å². The number of H-pyrrole nitrogens is 1. The molecular weight excluding hydrogens is 452 g/mol. The van der Waals surface area contributed by atoms with Gasteiger partial charge >= 0.3 is 5.97 Å². The molecule has 2 atom stereocenters. The van der Waals surface area contributed by atoms with E-state index in [4.69, 9.17) is 4.74 Å². The predicted octanol–water partition coefficient (Wildman–Crippen LogP) is 5.09. The number of aryl methyl sites for hydroxylation is 1. The number of aromatic carboxylic acids is 1. The van der Waals surface area contributed by atoms with Gasteiger partial charge in [-0.25, -0.2) is 13.6 Å². The molecule has 35 heavy (non-hydrogen) atoms. The van der Waals surface area contributed by atoms with Crippen LogP contribution in [0.3, 0.4) is 0 Å². The van der Waals surface area contributed by atoms with Gasteiger partial charge in [0.1, 0.15) is 5.75 Å². The van der Waals surface area contributed by atoms with Crippen LogP contribution in [0.4, 0.5) is 8.78 Å². The van der Waals surface area contributed by atoms with Crippen LogP contribution in [0.15, 0.2) is 42.6 Å². The van der Waals surface area contributed by atoms with Crippen LogP contribution in [-0.4, -0.2) is 65.1 Å². The average molecular weight is 484 g/mol. The Morgan fingerprint density at radius 3 is 2.63 bits per heavy atom. The van der Waals surface area contributed by atoms with Crippen molar-refractivity contribution in [3.05, 3.63) is 64.8 Å². The van der Waals surface area contributed by atoms with Crippen LogP contribution in [0.25, 0.3) is 10.9 Å². The number of carboxylic acids is 1. The number of piperidine rings is 1. The third-order valence-electron chi connectivity index (χ3n) is 7.73. The number of benzene rings is 2. The fourth-order valence-electron chi connectivity index (χ4n) is 5.70. The number of nitrogens with zero attached hydrogens (tertiary/aromatic N) is 2. The molecule has 2 aliphatic heterocycles. The maximum Gasteiger partial charge on any atom is 0.335 e. The Balaban J connectivity index is 1.44. The highest BCUT2D eigenvalue weighted by Gasteiger charge is 2.41. The monoisotopic (exact) mass is 483 g/mol. The van der Waals surface area contributed by atoms with E-state index in [1.54, 1.807) is 19.2 Å². The lowest BCUT2D eigenvalue weighted by Gasteiger charge is -2.49. The highest BCUT2D eigenvalue weighted by molar-refractivity contribution is 5.88. The second kappa shape index (κ2) is 9.59. The van der Waals surface area contributed by atoms with Crippen molar-refractivity contribution in [3.8, 4) is 5.75 Å². The van der Waals surface area contributed by atoms with Crippen molar-refractivity contribution in [3.63, 3.8) is 0 Å².